The predicted octanol–water partition coefficient (Wildman–Crippen LogP) is 4.28. The van der Waals surface area contributed by atoms with Crippen molar-refractivity contribution in [1.82, 2.24) is 0 Å². The Hall–Kier alpha value is -2.07. The van der Waals surface area contributed by atoms with Crippen molar-refractivity contribution in [3.05, 3.63) is 63.9 Å². The van der Waals surface area contributed by atoms with Gasteiger partial charge in [-0.15, -0.1) is 0 Å². The molecule has 2 aromatic rings. The molecule has 1 aliphatic rings. The lowest BCUT2D eigenvalue weighted by Crippen LogP contribution is -2.09. The fourth-order valence-electron chi connectivity index (χ4n) is 2.69. The fourth-order valence-corrected chi connectivity index (χ4v) is 2.89. The van der Waals surface area contributed by atoms with E-state index in [1.165, 1.54) is 18.2 Å². The van der Waals surface area contributed by atoms with E-state index in [2.05, 4.69) is 5.32 Å². The second-order valence-corrected chi connectivity index (χ2v) is 5.51. The van der Waals surface area contributed by atoms with Crippen LogP contribution in [0.1, 0.15) is 33.9 Å². The van der Waals surface area contributed by atoms with E-state index in [0.29, 0.717) is 5.02 Å². The second kappa shape index (κ2) is 5.37. The molecule has 0 aliphatic heterocycles. The predicted molar refractivity (Wildman–Crippen MR) is 79.5 cm³/mol. The molecule has 0 bridgehead atoms. The Kier molecular flexibility index (Phi) is 3.55. The smallest absolute Gasteiger partial charge is 0.335 e. The Balaban J connectivity index is 1.89. The van der Waals surface area contributed by atoms with Crippen molar-refractivity contribution in [2.75, 3.05) is 5.32 Å². The van der Waals surface area contributed by atoms with E-state index in [0.717, 1.165) is 24.0 Å². The molecule has 3 nitrogen and oxygen atoms in total. The molecule has 0 amide bonds. The molecule has 0 radical (unpaired) electrons. The molecule has 2 N–H and O–H groups in total. The Bertz CT molecular complexity index is 717. The summed E-state index contributed by atoms with van der Waals surface area (Å²) in [4.78, 5) is 11.0. The Morgan fingerprint density at radius 2 is 2.10 bits per heavy atom. The fraction of sp³-hybridized carbons (Fsp3) is 0.188. The first-order valence-corrected chi connectivity index (χ1v) is 7.00. The zero-order valence-corrected chi connectivity index (χ0v) is 11.8. The lowest BCUT2D eigenvalue weighted by Gasteiger charge is -2.16. The van der Waals surface area contributed by atoms with E-state index < -0.39 is 11.8 Å². The van der Waals surface area contributed by atoms with E-state index >= 15 is 0 Å². The van der Waals surface area contributed by atoms with Gasteiger partial charge in [-0.3, -0.25) is 0 Å². The molecule has 2 aromatic carbocycles. The molecule has 21 heavy (non-hydrogen) atoms. The van der Waals surface area contributed by atoms with Crippen LogP contribution in [0.15, 0.2) is 36.4 Å². The van der Waals surface area contributed by atoms with Crippen LogP contribution in [0.3, 0.4) is 0 Å². The molecule has 0 saturated heterocycles. The molecular weight excluding hydrogens is 293 g/mol. The van der Waals surface area contributed by atoms with Gasteiger partial charge in [0.05, 0.1) is 17.3 Å². The monoisotopic (exact) mass is 305 g/mol. The van der Waals surface area contributed by atoms with Gasteiger partial charge in [-0.25, -0.2) is 9.18 Å². The molecule has 1 aliphatic carbocycles. The van der Waals surface area contributed by atoms with E-state index in [9.17, 15) is 9.18 Å². The van der Waals surface area contributed by atoms with Crippen LogP contribution in [0.2, 0.25) is 5.02 Å². The number of hydrogen-bond acceptors (Lipinski definition) is 2. The van der Waals surface area contributed by atoms with Gasteiger partial charge in [0.15, 0.2) is 0 Å². The summed E-state index contributed by atoms with van der Waals surface area (Å²) in [6.45, 7) is 0. The van der Waals surface area contributed by atoms with Crippen LogP contribution in [-0.2, 0) is 6.42 Å². The van der Waals surface area contributed by atoms with E-state index in [4.69, 9.17) is 16.7 Å². The van der Waals surface area contributed by atoms with Crippen molar-refractivity contribution in [3.8, 4) is 0 Å². The number of carbonyl (C=O) groups is 1. The number of anilines is 1. The van der Waals surface area contributed by atoms with Crippen LogP contribution in [0, 0.1) is 5.82 Å². The van der Waals surface area contributed by atoms with Gasteiger partial charge in [-0.2, -0.15) is 0 Å². The number of carboxylic acid groups (broad SMARTS) is 1. The highest BCUT2D eigenvalue weighted by molar-refractivity contribution is 6.30. The maximum absolute atomic E-state index is 13.9. The number of fused-ring (bicyclic) bond motifs is 1. The highest BCUT2D eigenvalue weighted by atomic mass is 35.5. The average Bonchev–Trinajstić information content (AvgIpc) is 2.83. The minimum Gasteiger partial charge on any atom is -0.478 e. The summed E-state index contributed by atoms with van der Waals surface area (Å²) in [5.41, 5.74) is 2.50. The first-order valence-electron chi connectivity index (χ1n) is 6.62. The zero-order chi connectivity index (χ0) is 15.0. The molecule has 5 heteroatoms. The summed E-state index contributed by atoms with van der Waals surface area (Å²) in [5, 5.41) is 12.8. The molecule has 0 spiro atoms. The number of halogens is 2. The lowest BCUT2D eigenvalue weighted by molar-refractivity contribution is 0.0697. The third kappa shape index (κ3) is 2.72. The minimum atomic E-state index is -1.07. The van der Waals surface area contributed by atoms with Gasteiger partial charge in [0.1, 0.15) is 5.82 Å². The molecule has 3 rings (SSSR count). The van der Waals surface area contributed by atoms with Crippen molar-refractivity contribution in [2.45, 2.75) is 18.9 Å². The number of benzene rings is 2. The highest BCUT2D eigenvalue weighted by Gasteiger charge is 2.23. The topological polar surface area (TPSA) is 49.3 Å². The van der Waals surface area contributed by atoms with Crippen LogP contribution < -0.4 is 5.32 Å². The number of carboxylic acids is 1. The Labute approximate surface area is 126 Å². The molecule has 0 heterocycles. The summed E-state index contributed by atoms with van der Waals surface area (Å²) in [6, 6.07) is 9.38. The first-order chi connectivity index (χ1) is 10.0. The third-order valence-corrected chi connectivity index (χ3v) is 3.96. The molecule has 0 saturated carbocycles. The normalized spacial score (nSPS) is 16.6. The highest BCUT2D eigenvalue weighted by Crippen LogP contribution is 2.35. The summed E-state index contributed by atoms with van der Waals surface area (Å²) in [6.07, 6.45) is 1.69. The van der Waals surface area contributed by atoms with Crippen molar-refractivity contribution in [3.63, 3.8) is 0 Å². The van der Waals surface area contributed by atoms with Gasteiger partial charge in [-0.1, -0.05) is 17.7 Å². The summed E-state index contributed by atoms with van der Waals surface area (Å²) < 4.78 is 13.9. The SMILES string of the molecule is O=C(O)c1ccc(F)c(NC2CCc3cc(Cl)ccc32)c1. The minimum absolute atomic E-state index is 0.0317. The van der Waals surface area contributed by atoms with E-state index in [-0.39, 0.29) is 17.3 Å². The quantitative estimate of drug-likeness (QED) is 0.890. The zero-order valence-electron chi connectivity index (χ0n) is 11.1. The van der Waals surface area contributed by atoms with Gasteiger partial charge in [-0.05, 0) is 54.3 Å². The third-order valence-electron chi connectivity index (χ3n) is 3.73. The van der Waals surface area contributed by atoms with Crippen LogP contribution in [-0.4, -0.2) is 11.1 Å². The van der Waals surface area contributed by atoms with Crippen molar-refractivity contribution in [2.24, 2.45) is 0 Å². The van der Waals surface area contributed by atoms with E-state index in [1.807, 2.05) is 18.2 Å². The first kappa shape index (κ1) is 13.9. The maximum atomic E-state index is 13.9. The number of hydrogen-bond donors (Lipinski definition) is 2. The van der Waals surface area contributed by atoms with Gasteiger partial charge >= 0.3 is 5.97 Å². The number of aromatic carboxylic acids is 1. The number of rotatable bonds is 3. The summed E-state index contributed by atoms with van der Waals surface area (Å²) >= 11 is 5.97. The maximum Gasteiger partial charge on any atom is 0.335 e. The van der Waals surface area contributed by atoms with E-state index in [1.54, 1.807) is 0 Å². The van der Waals surface area contributed by atoms with Crippen LogP contribution in [0.5, 0.6) is 0 Å². The van der Waals surface area contributed by atoms with Crippen LogP contribution in [0.25, 0.3) is 0 Å². The number of aryl methyl sites for hydroxylation is 1. The second-order valence-electron chi connectivity index (χ2n) is 5.08. The van der Waals surface area contributed by atoms with Crippen molar-refractivity contribution < 1.29 is 14.3 Å². The molecule has 0 aromatic heterocycles. The van der Waals surface area contributed by atoms with Gasteiger partial charge in [0, 0.05) is 5.02 Å². The standard InChI is InChI=1S/C16H13ClFNO2/c17-11-3-4-12-9(7-11)2-6-14(12)19-15-8-10(16(20)21)1-5-13(15)18/h1,3-5,7-8,14,19H,2,6H2,(H,20,21). The number of nitrogens with one attached hydrogen (secondary N) is 1. The van der Waals surface area contributed by atoms with Crippen molar-refractivity contribution in [1.29, 1.82) is 0 Å². The Morgan fingerprint density at radius 3 is 2.86 bits per heavy atom. The molecular formula is C16H13ClFNO2. The summed E-state index contributed by atoms with van der Waals surface area (Å²) in [7, 11) is 0. The largest absolute Gasteiger partial charge is 0.478 e. The lowest BCUT2D eigenvalue weighted by atomic mass is 10.1. The molecule has 0 fully saturated rings. The molecule has 108 valence electrons. The average molecular weight is 306 g/mol. The van der Waals surface area contributed by atoms with Gasteiger partial charge in [0.2, 0.25) is 0 Å². The van der Waals surface area contributed by atoms with Gasteiger partial charge < -0.3 is 10.4 Å². The molecule has 1 unspecified atom stereocenters. The van der Waals surface area contributed by atoms with Gasteiger partial charge in [0.25, 0.3) is 0 Å². The summed E-state index contributed by atoms with van der Waals surface area (Å²) in [5.74, 6) is -1.53. The molecule has 1 atom stereocenters. The van der Waals surface area contributed by atoms with Crippen LogP contribution >= 0.6 is 11.6 Å². The Morgan fingerprint density at radius 1 is 1.29 bits per heavy atom. The van der Waals surface area contributed by atoms with Crippen LogP contribution in [0.4, 0.5) is 10.1 Å². The van der Waals surface area contributed by atoms with Crippen molar-refractivity contribution >= 4 is 23.3 Å².